The first-order chi connectivity index (χ1) is 9.24. The Balaban J connectivity index is 1.78. The van der Waals surface area contributed by atoms with Gasteiger partial charge in [0.15, 0.2) is 6.23 Å². The summed E-state index contributed by atoms with van der Waals surface area (Å²) in [4.78, 5) is 0. The zero-order valence-electron chi connectivity index (χ0n) is 11.7. The number of rotatable bonds is 3. The van der Waals surface area contributed by atoms with Gasteiger partial charge in [0.25, 0.3) is 0 Å². The lowest BCUT2D eigenvalue weighted by Gasteiger charge is -2.22. The third-order valence-corrected chi connectivity index (χ3v) is 3.95. The van der Waals surface area contributed by atoms with Crippen molar-refractivity contribution in [1.29, 1.82) is 0 Å². The summed E-state index contributed by atoms with van der Waals surface area (Å²) in [5.41, 5.74) is 4.23. The summed E-state index contributed by atoms with van der Waals surface area (Å²) in [6.07, 6.45) is 7.26. The molecule has 0 aliphatic heterocycles. The van der Waals surface area contributed by atoms with Gasteiger partial charge in [-0.3, -0.25) is 0 Å². The minimum Gasteiger partial charge on any atom is -0.471 e. The molecule has 1 atom stereocenters. The highest BCUT2D eigenvalue weighted by Crippen LogP contribution is 2.26. The first kappa shape index (κ1) is 12.3. The molecule has 0 unspecified atom stereocenters. The Morgan fingerprint density at radius 1 is 1.05 bits per heavy atom. The average Bonchev–Trinajstić information content (AvgIpc) is 2.85. The number of hydrogen-bond acceptors (Lipinski definition) is 1. The lowest BCUT2D eigenvalue weighted by Crippen LogP contribution is -2.16. The first-order valence-corrected chi connectivity index (χ1v) is 7.16. The van der Waals surface area contributed by atoms with Crippen molar-refractivity contribution in [3.05, 3.63) is 53.3 Å². The van der Waals surface area contributed by atoms with Gasteiger partial charge in [-0.2, -0.15) is 0 Å². The molecular weight excluding hydrogens is 234 g/mol. The third kappa shape index (κ3) is 2.53. The van der Waals surface area contributed by atoms with Gasteiger partial charge in [0.2, 0.25) is 0 Å². The van der Waals surface area contributed by atoms with E-state index in [4.69, 9.17) is 4.74 Å². The summed E-state index contributed by atoms with van der Waals surface area (Å²) in [7, 11) is 0. The molecule has 0 amide bonds. The molecule has 19 heavy (non-hydrogen) atoms. The van der Waals surface area contributed by atoms with Crippen molar-refractivity contribution < 1.29 is 4.74 Å². The molecule has 3 rings (SSSR count). The van der Waals surface area contributed by atoms with Crippen LogP contribution < -0.4 is 4.74 Å². The van der Waals surface area contributed by atoms with Crippen LogP contribution >= 0.6 is 0 Å². The fraction of sp³-hybridized carbons (Fsp3) is 0.412. The summed E-state index contributed by atoms with van der Waals surface area (Å²) >= 11 is 0. The second-order valence-corrected chi connectivity index (χ2v) is 5.43. The third-order valence-electron chi connectivity index (χ3n) is 3.95. The smallest absolute Gasteiger partial charge is 0.172 e. The molecule has 2 aromatic rings. The number of nitrogens with zero attached hydrogens (tertiary/aromatic N) is 1. The van der Waals surface area contributed by atoms with Gasteiger partial charge in [-0.25, -0.2) is 0 Å². The lowest BCUT2D eigenvalue weighted by molar-refractivity contribution is 0.149. The van der Waals surface area contributed by atoms with Crippen LogP contribution in [0.2, 0.25) is 0 Å². The zero-order valence-corrected chi connectivity index (χ0v) is 11.7. The van der Waals surface area contributed by atoms with E-state index in [1.54, 1.807) is 0 Å². The molecule has 0 radical (unpaired) electrons. The fourth-order valence-corrected chi connectivity index (χ4v) is 2.86. The Morgan fingerprint density at radius 3 is 2.58 bits per heavy atom. The molecule has 1 aliphatic rings. The Labute approximate surface area is 115 Å². The van der Waals surface area contributed by atoms with E-state index < -0.39 is 0 Å². The number of fused-ring (bicyclic) bond motifs is 1. The van der Waals surface area contributed by atoms with Crippen LogP contribution in [-0.4, -0.2) is 4.57 Å². The van der Waals surface area contributed by atoms with Crippen molar-refractivity contribution in [2.24, 2.45) is 0 Å². The van der Waals surface area contributed by atoms with Crippen LogP contribution in [0.3, 0.4) is 0 Å². The Morgan fingerprint density at radius 2 is 1.79 bits per heavy atom. The predicted molar refractivity (Wildman–Crippen MR) is 77.6 cm³/mol. The van der Waals surface area contributed by atoms with Crippen LogP contribution in [0.5, 0.6) is 5.75 Å². The van der Waals surface area contributed by atoms with Crippen LogP contribution in [0.1, 0.15) is 42.8 Å². The standard InChI is InChI=1S/C17H21NO/c1-13-7-9-16(10-8-13)19-14(2)18-12-11-15-5-3-4-6-17(15)18/h7-12,14H,3-6H2,1-2H3/t14-/m0/s1. The highest BCUT2D eigenvalue weighted by atomic mass is 16.5. The van der Waals surface area contributed by atoms with E-state index in [0.717, 1.165) is 5.75 Å². The van der Waals surface area contributed by atoms with Crippen LogP contribution in [0.4, 0.5) is 0 Å². The zero-order chi connectivity index (χ0) is 13.2. The molecule has 0 bridgehead atoms. The van der Waals surface area contributed by atoms with Crippen molar-refractivity contribution in [3.8, 4) is 5.75 Å². The van der Waals surface area contributed by atoms with Crippen molar-refractivity contribution in [2.45, 2.75) is 45.8 Å². The van der Waals surface area contributed by atoms with E-state index in [-0.39, 0.29) is 6.23 Å². The van der Waals surface area contributed by atoms with Gasteiger partial charge < -0.3 is 9.30 Å². The van der Waals surface area contributed by atoms with Gasteiger partial charge in [0.05, 0.1) is 0 Å². The molecule has 1 aromatic carbocycles. The topological polar surface area (TPSA) is 14.2 Å². The minimum atomic E-state index is 0.0598. The molecule has 1 aliphatic carbocycles. The van der Waals surface area contributed by atoms with Gasteiger partial charge in [-0.1, -0.05) is 17.7 Å². The van der Waals surface area contributed by atoms with E-state index in [1.807, 2.05) is 12.1 Å². The number of ether oxygens (including phenoxy) is 1. The number of benzene rings is 1. The SMILES string of the molecule is Cc1ccc(O[C@@H](C)n2ccc3c2CCCC3)cc1. The number of aromatic nitrogens is 1. The highest BCUT2D eigenvalue weighted by molar-refractivity contribution is 5.28. The molecule has 0 saturated carbocycles. The van der Waals surface area contributed by atoms with Crippen LogP contribution in [0.25, 0.3) is 0 Å². The summed E-state index contributed by atoms with van der Waals surface area (Å²) in [6.45, 7) is 4.21. The average molecular weight is 255 g/mol. The normalized spacial score (nSPS) is 15.9. The molecule has 0 N–H and O–H groups in total. The van der Waals surface area contributed by atoms with E-state index in [0.29, 0.717) is 0 Å². The second-order valence-electron chi connectivity index (χ2n) is 5.43. The largest absolute Gasteiger partial charge is 0.471 e. The molecule has 0 fully saturated rings. The Hall–Kier alpha value is -1.70. The predicted octanol–water partition coefficient (Wildman–Crippen LogP) is 4.27. The maximum absolute atomic E-state index is 6.04. The van der Waals surface area contributed by atoms with Gasteiger partial charge in [0, 0.05) is 11.9 Å². The molecule has 2 heteroatoms. The maximum Gasteiger partial charge on any atom is 0.172 e. The summed E-state index contributed by atoms with van der Waals surface area (Å²) < 4.78 is 8.33. The quantitative estimate of drug-likeness (QED) is 0.798. The van der Waals surface area contributed by atoms with Crippen LogP contribution in [-0.2, 0) is 12.8 Å². The van der Waals surface area contributed by atoms with Gasteiger partial charge >= 0.3 is 0 Å². The van der Waals surface area contributed by atoms with Crippen molar-refractivity contribution in [2.75, 3.05) is 0 Å². The molecular formula is C17H21NO. The summed E-state index contributed by atoms with van der Waals surface area (Å²) in [6, 6.07) is 10.5. The minimum absolute atomic E-state index is 0.0598. The van der Waals surface area contributed by atoms with E-state index >= 15 is 0 Å². The fourth-order valence-electron chi connectivity index (χ4n) is 2.86. The highest BCUT2D eigenvalue weighted by Gasteiger charge is 2.17. The van der Waals surface area contributed by atoms with E-state index in [2.05, 4.69) is 42.8 Å². The van der Waals surface area contributed by atoms with Gasteiger partial charge in [-0.15, -0.1) is 0 Å². The maximum atomic E-state index is 6.04. The summed E-state index contributed by atoms with van der Waals surface area (Å²) in [5.74, 6) is 0.941. The van der Waals surface area contributed by atoms with E-state index in [9.17, 15) is 0 Å². The molecule has 100 valence electrons. The Bertz CT molecular complexity index is 553. The second kappa shape index (κ2) is 5.12. The molecule has 0 spiro atoms. The van der Waals surface area contributed by atoms with Crippen molar-refractivity contribution in [1.82, 2.24) is 4.57 Å². The van der Waals surface area contributed by atoms with Gasteiger partial charge in [0.1, 0.15) is 5.75 Å². The van der Waals surface area contributed by atoms with Crippen LogP contribution in [0, 0.1) is 6.92 Å². The monoisotopic (exact) mass is 255 g/mol. The number of aryl methyl sites for hydroxylation is 2. The number of hydrogen-bond donors (Lipinski definition) is 0. The molecule has 1 heterocycles. The van der Waals surface area contributed by atoms with Crippen LogP contribution in [0.15, 0.2) is 36.5 Å². The molecule has 0 saturated heterocycles. The first-order valence-electron chi connectivity index (χ1n) is 7.16. The van der Waals surface area contributed by atoms with Crippen molar-refractivity contribution >= 4 is 0 Å². The summed E-state index contributed by atoms with van der Waals surface area (Å²) in [5, 5.41) is 0. The molecule has 1 aromatic heterocycles. The lowest BCUT2D eigenvalue weighted by atomic mass is 9.98. The Kier molecular flexibility index (Phi) is 3.33. The molecule has 2 nitrogen and oxygen atoms in total. The van der Waals surface area contributed by atoms with Crippen molar-refractivity contribution in [3.63, 3.8) is 0 Å². The van der Waals surface area contributed by atoms with Gasteiger partial charge in [-0.05, 0) is 63.3 Å². The van der Waals surface area contributed by atoms with E-state index in [1.165, 1.54) is 42.5 Å².